The summed E-state index contributed by atoms with van der Waals surface area (Å²) in [6.45, 7) is 9.80. The highest BCUT2D eigenvalue weighted by atomic mass is 19.3. The summed E-state index contributed by atoms with van der Waals surface area (Å²) in [6.07, 6.45) is 1.56. The number of hydrogen-bond donors (Lipinski definition) is 1. The Labute approximate surface area is 110 Å². The van der Waals surface area contributed by atoms with E-state index in [1.807, 2.05) is 0 Å². The monoisotopic (exact) mass is 269 g/mol. The predicted octanol–water partition coefficient (Wildman–Crippen LogP) is 2.74. The number of imidazole rings is 1. The molecule has 2 heterocycles. The number of nitrogens with zero attached hydrogens (tertiary/aromatic N) is 4. The van der Waals surface area contributed by atoms with Gasteiger partial charge in [0.15, 0.2) is 5.82 Å². The summed E-state index contributed by atoms with van der Waals surface area (Å²) < 4.78 is 27.2. The molecule has 0 aliphatic carbocycles. The van der Waals surface area contributed by atoms with Gasteiger partial charge in [-0.2, -0.15) is 5.10 Å². The lowest BCUT2D eigenvalue weighted by Gasteiger charge is -2.11. The molecule has 0 radical (unpaired) electrons. The number of aromatic amines is 1. The van der Waals surface area contributed by atoms with Crippen molar-refractivity contribution in [2.24, 2.45) is 0 Å². The first-order valence-corrected chi connectivity index (χ1v) is 5.66. The van der Waals surface area contributed by atoms with Crippen LogP contribution >= 0.6 is 0 Å². The van der Waals surface area contributed by atoms with Crippen LogP contribution in [0, 0.1) is 13.8 Å². The molecule has 2 aromatic heterocycles. The quantitative estimate of drug-likeness (QED) is 0.871. The molecule has 0 aliphatic heterocycles. The van der Waals surface area contributed by atoms with Crippen molar-refractivity contribution >= 4 is 0 Å². The molecule has 0 spiro atoms. The Morgan fingerprint density at radius 2 is 2.00 bits per heavy atom. The number of hydrogen-bond acceptors (Lipinski definition) is 3. The smallest absolute Gasteiger partial charge is 0.264 e. The predicted molar refractivity (Wildman–Crippen MR) is 69.0 cm³/mol. The van der Waals surface area contributed by atoms with Gasteiger partial charge in [-0.1, -0.05) is 0 Å². The number of alkyl halides is 2. The molecule has 0 amide bonds. The average molecular weight is 269 g/mol. The Balaban J connectivity index is 0.000000861. The molecule has 5 nitrogen and oxygen atoms in total. The van der Waals surface area contributed by atoms with Crippen molar-refractivity contribution < 1.29 is 8.78 Å². The Morgan fingerprint density at radius 3 is 2.47 bits per heavy atom. The van der Waals surface area contributed by atoms with E-state index in [9.17, 15) is 8.78 Å². The first-order valence-electron chi connectivity index (χ1n) is 5.66. The van der Waals surface area contributed by atoms with Gasteiger partial charge < -0.3 is 4.98 Å². The molecule has 2 aromatic rings. The molecule has 1 N–H and O–H groups in total. The Kier molecular flexibility index (Phi) is 4.52. The van der Waals surface area contributed by atoms with Gasteiger partial charge in [-0.25, -0.2) is 23.4 Å². The molecular formula is C12H17F2N5. The van der Waals surface area contributed by atoms with Crippen LogP contribution in [0.2, 0.25) is 0 Å². The molecule has 19 heavy (non-hydrogen) atoms. The van der Waals surface area contributed by atoms with Crippen molar-refractivity contribution in [2.45, 2.75) is 33.2 Å². The zero-order valence-corrected chi connectivity index (χ0v) is 11.2. The van der Waals surface area contributed by atoms with Gasteiger partial charge in [0.05, 0.1) is 6.20 Å². The van der Waals surface area contributed by atoms with Crippen LogP contribution in [-0.2, 0) is 6.54 Å². The number of aromatic nitrogens is 5. The maximum atomic E-state index is 13.0. The standard InChI is InChI=1S/C10H13F2N5.C2H4/c1-6-13-4-8(14-6)9-15-7(2)16-17(9)5-10(3,11)12;1-2/h4H,5H2,1-3H3,(H,13,14);1-2H2. The fourth-order valence-electron chi connectivity index (χ4n) is 1.56. The molecule has 7 heteroatoms. The maximum absolute atomic E-state index is 13.0. The number of aryl methyl sites for hydroxylation is 2. The number of nitrogens with one attached hydrogen (secondary N) is 1. The molecule has 2 rings (SSSR count). The van der Waals surface area contributed by atoms with E-state index in [1.165, 1.54) is 4.68 Å². The molecule has 0 aromatic carbocycles. The van der Waals surface area contributed by atoms with Crippen LogP contribution in [0.3, 0.4) is 0 Å². The van der Waals surface area contributed by atoms with Gasteiger partial charge in [-0.15, -0.1) is 13.2 Å². The van der Waals surface area contributed by atoms with Gasteiger partial charge in [0.1, 0.15) is 23.9 Å². The van der Waals surface area contributed by atoms with Gasteiger partial charge in [-0.05, 0) is 13.8 Å². The molecule has 0 bridgehead atoms. The summed E-state index contributed by atoms with van der Waals surface area (Å²) in [6, 6.07) is 0. The summed E-state index contributed by atoms with van der Waals surface area (Å²) in [5, 5.41) is 3.96. The second kappa shape index (κ2) is 5.73. The van der Waals surface area contributed by atoms with Crippen molar-refractivity contribution in [3.63, 3.8) is 0 Å². The molecule has 0 saturated heterocycles. The van der Waals surface area contributed by atoms with Crippen LogP contribution in [0.4, 0.5) is 8.78 Å². The lowest BCUT2D eigenvalue weighted by Crippen LogP contribution is -2.21. The number of halogens is 2. The van der Waals surface area contributed by atoms with E-state index >= 15 is 0 Å². The summed E-state index contributed by atoms with van der Waals surface area (Å²) in [5.41, 5.74) is 0.590. The van der Waals surface area contributed by atoms with Crippen molar-refractivity contribution in [3.05, 3.63) is 31.0 Å². The number of H-pyrrole nitrogens is 1. The summed E-state index contributed by atoms with van der Waals surface area (Å²) >= 11 is 0. The summed E-state index contributed by atoms with van der Waals surface area (Å²) in [5.74, 6) is -1.29. The lowest BCUT2D eigenvalue weighted by molar-refractivity contribution is 0.000929. The lowest BCUT2D eigenvalue weighted by atomic mass is 10.3. The van der Waals surface area contributed by atoms with Crippen LogP contribution in [0.1, 0.15) is 18.6 Å². The fraction of sp³-hybridized carbons (Fsp3) is 0.417. The Bertz CT molecular complexity index is 539. The zero-order valence-electron chi connectivity index (χ0n) is 11.2. The third kappa shape index (κ3) is 3.97. The van der Waals surface area contributed by atoms with E-state index in [4.69, 9.17) is 0 Å². The second-order valence-electron chi connectivity index (χ2n) is 4.09. The molecule has 0 saturated carbocycles. The Hall–Kier alpha value is -2.05. The van der Waals surface area contributed by atoms with Crippen molar-refractivity contribution in [1.82, 2.24) is 24.7 Å². The minimum Gasteiger partial charge on any atom is -0.340 e. The fourth-order valence-corrected chi connectivity index (χ4v) is 1.56. The molecular weight excluding hydrogens is 252 g/mol. The van der Waals surface area contributed by atoms with E-state index in [2.05, 4.69) is 33.2 Å². The maximum Gasteiger partial charge on any atom is 0.264 e. The SMILES string of the molecule is C=C.Cc1nc(-c2cnc(C)[nH]2)n(CC(C)(F)F)n1. The minimum atomic E-state index is -2.83. The Morgan fingerprint density at radius 1 is 1.37 bits per heavy atom. The largest absolute Gasteiger partial charge is 0.340 e. The minimum absolute atomic E-state index is 0.379. The highest BCUT2D eigenvalue weighted by molar-refractivity contribution is 5.48. The highest BCUT2D eigenvalue weighted by Gasteiger charge is 2.25. The van der Waals surface area contributed by atoms with Crippen LogP contribution < -0.4 is 0 Å². The average Bonchev–Trinajstić information content (AvgIpc) is 2.86. The van der Waals surface area contributed by atoms with Crippen LogP contribution in [0.5, 0.6) is 0 Å². The van der Waals surface area contributed by atoms with Crippen LogP contribution in [0.15, 0.2) is 19.4 Å². The van der Waals surface area contributed by atoms with Crippen molar-refractivity contribution in [2.75, 3.05) is 0 Å². The van der Waals surface area contributed by atoms with Crippen LogP contribution in [0.25, 0.3) is 11.5 Å². The van der Waals surface area contributed by atoms with Gasteiger partial charge in [0.2, 0.25) is 0 Å². The van der Waals surface area contributed by atoms with E-state index in [1.54, 1.807) is 20.0 Å². The topological polar surface area (TPSA) is 59.4 Å². The van der Waals surface area contributed by atoms with Crippen molar-refractivity contribution in [3.8, 4) is 11.5 Å². The van der Waals surface area contributed by atoms with Gasteiger partial charge in [0, 0.05) is 6.92 Å². The van der Waals surface area contributed by atoms with Gasteiger partial charge >= 0.3 is 0 Å². The first kappa shape index (κ1) is 15.0. The van der Waals surface area contributed by atoms with Crippen molar-refractivity contribution in [1.29, 1.82) is 0 Å². The van der Waals surface area contributed by atoms with Gasteiger partial charge in [-0.3, -0.25) is 0 Å². The molecule has 104 valence electrons. The van der Waals surface area contributed by atoms with Crippen LogP contribution in [-0.4, -0.2) is 30.7 Å². The third-order valence-electron chi connectivity index (χ3n) is 2.15. The van der Waals surface area contributed by atoms with E-state index in [-0.39, 0.29) is 0 Å². The van der Waals surface area contributed by atoms with E-state index in [0.29, 0.717) is 23.2 Å². The van der Waals surface area contributed by atoms with E-state index < -0.39 is 12.5 Å². The number of rotatable bonds is 3. The normalized spacial score (nSPS) is 11.0. The third-order valence-corrected chi connectivity index (χ3v) is 2.15. The molecule has 0 unspecified atom stereocenters. The molecule has 0 atom stereocenters. The first-order chi connectivity index (χ1) is 8.85. The second-order valence-corrected chi connectivity index (χ2v) is 4.09. The summed E-state index contributed by atoms with van der Waals surface area (Å²) in [7, 11) is 0. The van der Waals surface area contributed by atoms with E-state index in [0.717, 1.165) is 6.92 Å². The van der Waals surface area contributed by atoms with Gasteiger partial charge in [0.25, 0.3) is 5.92 Å². The summed E-state index contributed by atoms with van der Waals surface area (Å²) in [4.78, 5) is 11.1. The molecule has 0 aliphatic rings. The molecule has 0 fully saturated rings. The zero-order chi connectivity index (χ0) is 14.6. The highest BCUT2D eigenvalue weighted by Crippen LogP contribution is 2.20.